The predicted molar refractivity (Wildman–Crippen MR) is 208 cm³/mol. The summed E-state index contributed by atoms with van der Waals surface area (Å²) in [6, 6.07) is 38.4. The highest BCUT2D eigenvalue weighted by atomic mass is 28.4. The molecule has 0 fully saturated rings. The Labute approximate surface area is 282 Å². The van der Waals surface area contributed by atoms with Crippen LogP contribution in [-0.2, 0) is 0 Å². The number of rotatable bonds is 26. The van der Waals surface area contributed by atoms with Crippen molar-refractivity contribution in [1.29, 1.82) is 0 Å². The van der Waals surface area contributed by atoms with E-state index in [-0.39, 0.29) is 0 Å². The van der Waals surface area contributed by atoms with Crippen molar-refractivity contribution in [1.82, 2.24) is 4.23 Å². The molecule has 0 heterocycles. The zero-order valence-electron chi connectivity index (χ0n) is 29.5. The van der Waals surface area contributed by atoms with Crippen LogP contribution in [0.2, 0.25) is 12.1 Å². The van der Waals surface area contributed by atoms with Gasteiger partial charge in [-0.3, -0.25) is 0 Å². The Balaban J connectivity index is 2.07. The van der Waals surface area contributed by atoms with Gasteiger partial charge in [0.15, 0.2) is 0 Å². The van der Waals surface area contributed by atoms with E-state index in [0.717, 1.165) is 0 Å². The van der Waals surface area contributed by atoms with E-state index in [4.69, 9.17) is 0 Å². The molecule has 0 spiro atoms. The van der Waals surface area contributed by atoms with Gasteiger partial charge < -0.3 is 4.23 Å². The smallest absolute Gasteiger partial charge is 0.218 e. The van der Waals surface area contributed by atoms with Crippen LogP contribution >= 0.6 is 0 Å². The summed E-state index contributed by atoms with van der Waals surface area (Å²) in [5.41, 5.74) is 0. The molecule has 0 aliphatic heterocycles. The maximum atomic E-state index is 3.30. The first-order chi connectivity index (χ1) is 22.3. The van der Waals surface area contributed by atoms with Gasteiger partial charge in [-0.1, -0.05) is 221 Å². The Morgan fingerprint density at radius 2 is 0.711 bits per heavy atom. The van der Waals surface area contributed by atoms with Crippen molar-refractivity contribution in [3.63, 3.8) is 0 Å². The molecule has 0 saturated carbocycles. The highest BCUT2D eigenvalue weighted by Gasteiger charge is 2.47. The lowest BCUT2D eigenvalue weighted by atomic mass is 10.1. The molecular formula is C42H67NSi2. The second-order valence-electron chi connectivity index (χ2n) is 13.5. The number of unbranched alkanes of at least 4 members (excludes halogenated alkanes) is 15. The molecule has 0 unspecified atom stereocenters. The number of hydrogen-bond acceptors (Lipinski definition) is 1. The molecule has 1 nitrogen and oxygen atoms in total. The molecular weight excluding hydrogens is 575 g/mol. The second-order valence-corrected chi connectivity index (χ2v) is 20.9. The largest absolute Gasteiger partial charge is 0.337 e. The zero-order valence-corrected chi connectivity index (χ0v) is 31.7. The summed E-state index contributed by atoms with van der Waals surface area (Å²) in [6.07, 6.45) is 25.0. The topological polar surface area (TPSA) is 3.24 Å². The summed E-state index contributed by atoms with van der Waals surface area (Å²) < 4.78 is 3.30. The standard InChI is InChI=1S/C42H67NSi2/c1-4-7-10-13-16-28-37-43(44(38-29-17-14-11-8-5-2)39-30-18-15-12-9-6-3)45(40-31-22-19-23-32-40,41-33-24-20-25-34-41)42-35-26-21-27-36-42/h19-27,31-36,44H,4-18,28-30,37-39H2,1-3H3. The third-order valence-electron chi connectivity index (χ3n) is 9.98. The summed E-state index contributed by atoms with van der Waals surface area (Å²) in [5, 5.41) is 4.74. The Hall–Kier alpha value is -1.95. The van der Waals surface area contributed by atoms with Crippen LogP contribution in [0.5, 0.6) is 0 Å². The van der Waals surface area contributed by atoms with Crippen molar-refractivity contribution >= 4 is 32.8 Å². The summed E-state index contributed by atoms with van der Waals surface area (Å²) in [4.78, 5) is 0. The molecule has 0 N–H and O–H groups in total. The highest BCUT2D eigenvalue weighted by Crippen LogP contribution is 2.25. The summed E-state index contributed by atoms with van der Waals surface area (Å²) >= 11 is 0. The first-order valence-electron chi connectivity index (χ1n) is 19.2. The van der Waals surface area contributed by atoms with E-state index in [1.54, 1.807) is 15.6 Å². The average molecular weight is 642 g/mol. The maximum absolute atomic E-state index is 3.30. The molecule has 0 atom stereocenters. The van der Waals surface area contributed by atoms with E-state index in [2.05, 4.69) is 116 Å². The molecule has 0 bridgehead atoms. The minimum absolute atomic E-state index is 1.26. The molecule has 0 saturated heterocycles. The van der Waals surface area contributed by atoms with Gasteiger partial charge in [0.1, 0.15) is 8.96 Å². The van der Waals surface area contributed by atoms with Crippen LogP contribution in [0.3, 0.4) is 0 Å². The predicted octanol–water partition coefficient (Wildman–Crippen LogP) is 10.8. The molecule has 0 aliphatic rings. The van der Waals surface area contributed by atoms with E-state index in [0.29, 0.717) is 0 Å². The lowest BCUT2D eigenvalue weighted by Gasteiger charge is -2.48. The van der Waals surface area contributed by atoms with Gasteiger partial charge in [-0.05, 0) is 40.6 Å². The van der Waals surface area contributed by atoms with Crippen molar-refractivity contribution in [3.8, 4) is 0 Å². The van der Waals surface area contributed by atoms with Crippen LogP contribution in [-0.4, -0.2) is 28.0 Å². The van der Waals surface area contributed by atoms with Gasteiger partial charge in [0.2, 0.25) is 8.24 Å². The van der Waals surface area contributed by atoms with Crippen LogP contribution < -0.4 is 15.6 Å². The molecule has 0 amide bonds. The SMILES string of the molecule is CCCCCCCCN([SiH](CCCCCCCC)CCCCCCCC)[Si](c1ccccc1)(c1ccccc1)c1ccccc1. The van der Waals surface area contributed by atoms with Gasteiger partial charge in [-0.2, -0.15) is 0 Å². The fourth-order valence-electron chi connectivity index (χ4n) is 7.50. The lowest BCUT2D eigenvalue weighted by molar-refractivity contribution is 0.534. The van der Waals surface area contributed by atoms with Gasteiger partial charge in [-0.15, -0.1) is 0 Å². The van der Waals surface area contributed by atoms with Crippen LogP contribution in [0, 0.1) is 0 Å². The van der Waals surface area contributed by atoms with Gasteiger partial charge in [0, 0.05) is 0 Å². The van der Waals surface area contributed by atoms with Gasteiger partial charge in [-0.25, -0.2) is 0 Å². The highest BCUT2D eigenvalue weighted by molar-refractivity contribution is 7.12. The quantitative estimate of drug-likeness (QED) is 0.0479. The van der Waals surface area contributed by atoms with Crippen molar-refractivity contribution in [2.75, 3.05) is 6.54 Å². The molecule has 3 aromatic rings. The Kier molecular flexibility index (Phi) is 19.5. The molecule has 0 aliphatic carbocycles. The minimum Gasteiger partial charge on any atom is -0.337 e. The fraction of sp³-hybridized carbons (Fsp3) is 0.571. The number of nitrogens with zero attached hydrogens (tertiary/aromatic N) is 1. The van der Waals surface area contributed by atoms with E-state index in [9.17, 15) is 0 Å². The van der Waals surface area contributed by atoms with Gasteiger partial charge in [0.05, 0.1) is 0 Å². The maximum Gasteiger partial charge on any atom is 0.218 e. The van der Waals surface area contributed by atoms with Crippen LogP contribution in [0.4, 0.5) is 0 Å². The summed E-state index contributed by atoms with van der Waals surface area (Å²) in [6.45, 7) is 8.27. The normalized spacial score (nSPS) is 11.9. The van der Waals surface area contributed by atoms with E-state index >= 15 is 0 Å². The number of benzene rings is 3. The average Bonchev–Trinajstić information content (AvgIpc) is 3.09. The van der Waals surface area contributed by atoms with Crippen molar-refractivity contribution in [3.05, 3.63) is 91.0 Å². The van der Waals surface area contributed by atoms with E-state index < -0.39 is 17.2 Å². The minimum atomic E-state index is -2.46. The molecule has 3 aromatic carbocycles. The Morgan fingerprint density at radius 1 is 0.400 bits per heavy atom. The van der Waals surface area contributed by atoms with E-state index in [1.807, 2.05) is 0 Å². The fourth-order valence-corrected chi connectivity index (χ4v) is 19.3. The Morgan fingerprint density at radius 3 is 1.07 bits per heavy atom. The molecule has 0 radical (unpaired) electrons. The first-order valence-corrected chi connectivity index (χ1v) is 23.3. The second kappa shape index (κ2) is 23.4. The molecule has 3 heteroatoms. The summed E-state index contributed by atoms with van der Waals surface area (Å²) in [7, 11) is -3.73. The molecule has 45 heavy (non-hydrogen) atoms. The molecule has 0 aromatic heterocycles. The monoisotopic (exact) mass is 641 g/mol. The van der Waals surface area contributed by atoms with Crippen molar-refractivity contribution < 1.29 is 0 Å². The lowest BCUT2D eigenvalue weighted by Crippen LogP contribution is -2.79. The van der Waals surface area contributed by atoms with Gasteiger partial charge in [0.25, 0.3) is 0 Å². The van der Waals surface area contributed by atoms with E-state index in [1.165, 1.54) is 134 Å². The third kappa shape index (κ3) is 12.3. The summed E-state index contributed by atoms with van der Waals surface area (Å²) in [5.74, 6) is 0. The first kappa shape index (κ1) is 37.5. The molecule has 3 rings (SSSR count). The third-order valence-corrected chi connectivity index (χ3v) is 20.1. The Bertz CT molecular complexity index is 975. The van der Waals surface area contributed by atoms with Crippen LogP contribution in [0.15, 0.2) is 91.0 Å². The van der Waals surface area contributed by atoms with Crippen LogP contribution in [0.1, 0.15) is 136 Å². The van der Waals surface area contributed by atoms with Crippen LogP contribution in [0.25, 0.3) is 0 Å². The van der Waals surface area contributed by atoms with Gasteiger partial charge >= 0.3 is 0 Å². The van der Waals surface area contributed by atoms with Crippen molar-refractivity contribution in [2.24, 2.45) is 0 Å². The molecule has 248 valence electrons. The zero-order chi connectivity index (χ0) is 31.8. The van der Waals surface area contributed by atoms with Crippen molar-refractivity contribution in [2.45, 2.75) is 148 Å². The number of hydrogen-bond donors (Lipinski definition) is 0.